The highest BCUT2D eigenvalue weighted by atomic mass is 16.3. The molecule has 4 aliphatic carbocycles. The molecular formula is C26H38N2O2. The summed E-state index contributed by atoms with van der Waals surface area (Å²) in [7, 11) is 0. The molecule has 5 rings (SSSR count). The van der Waals surface area contributed by atoms with Crippen LogP contribution >= 0.6 is 0 Å². The molecule has 4 heteroatoms. The number of aryl methyl sites for hydroxylation is 1. The first kappa shape index (κ1) is 20.5. The second-order valence-electron chi connectivity index (χ2n) is 11.0. The maximum absolute atomic E-state index is 11.4. The molecule has 1 aromatic heterocycles. The normalized spacial score (nSPS) is 44.4. The number of fused-ring (bicyclic) bond motifs is 5. The SMILES string of the molecule is CCn1ncc(/C=C2\C[C@@H]3[C@H]4CC=C5C[C@@H](O)CC[C@]5(C)[C@@H]4CC[C@]3(C)[C@H]2O)c1C. The summed E-state index contributed by atoms with van der Waals surface area (Å²) >= 11 is 0. The molecule has 0 radical (unpaired) electrons. The van der Waals surface area contributed by atoms with Gasteiger partial charge in [-0.15, -0.1) is 0 Å². The number of nitrogens with zero attached hydrogens (tertiary/aromatic N) is 2. The minimum absolute atomic E-state index is 0.0163. The van der Waals surface area contributed by atoms with E-state index in [9.17, 15) is 10.2 Å². The Hall–Kier alpha value is -1.39. The molecule has 2 N–H and O–H groups in total. The van der Waals surface area contributed by atoms with Gasteiger partial charge >= 0.3 is 0 Å². The van der Waals surface area contributed by atoms with Gasteiger partial charge in [-0.25, -0.2) is 0 Å². The highest BCUT2D eigenvalue weighted by molar-refractivity contribution is 5.57. The molecule has 0 spiro atoms. The number of hydrogen-bond donors (Lipinski definition) is 2. The lowest BCUT2D eigenvalue weighted by molar-refractivity contribution is -0.0685. The quantitative estimate of drug-likeness (QED) is 0.683. The van der Waals surface area contributed by atoms with Gasteiger partial charge in [0.2, 0.25) is 0 Å². The van der Waals surface area contributed by atoms with Crippen molar-refractivity contribution in [1.29, 1.82) is 0 Å². The predicted octanol–water partition coefficient (Wildman–Crippen LogP) is 4.89. The average molecular weight is 411 g/mol. The fourth-order valence-corrected chi connectivity index (χ4v) is 7.76. The Morgan fingerprint density at radius 2 is 1.97 bits per heavy atom. The summed E-state index contributed by atoms with van der Waals surface area (Å²) in [4.78, 5) is 0. The molecule has 3 fully saturated rings. The van der Waals surface area contributed by atoms with Crippen LogP contribution in [0.1, 0.15) is 77.0 Å². The van der Waals surface area contributed by atoms with E-state index in [4.69, 9.17) is 0 Å². The van der Waals surface area contributed by atoms with E-state index < -0.39 is 0 Å². The zero-order chi connectivity index (χ0) is 21.3. The molecule has 0 aliphatic heterocycles. The number of hydrogen-bond acceptors (Lipinski definition) is 3. The maximum Gasteiger partial charge on any atom is 0.0809 e. The lowest BCUT2D eigenvalue weighted by Gasteiger charge is -2.57. The van der Waals surface area contributed by atoms with Gasteiger partial charge in [0.1, 0.15) is 0 Å². The van der Waals surface area contributed by atoms with Crippen molar-refractivity contribution in [3.8, 4) is 0 Å². The van der Waals surface area contributed by atoms with Crippen LogP contribution in [0.2, 0.25) is 0 Å². The molecule has 0 aromatic carbocycles. The Morgan fingerprint density at radius 3 is 2.70 bits per heavy atom. The molecular weight excluding hydrogens is 372 g/mol. The Balaban J connectivity index is 1.47. The summed E-state index contributed by atoms with van der Waals surface area (Å²) < 4.78 is 2.03. The van der Waals surface area contributed by atoms with E-state index in [-0.39, 0.29) is 23.0 Å². The van der Waals surface area contributed by atoms with Crippen molar-refractivity contribution in [3.63, 3.8) is 0 Å². The van der Waals surface area contributed by atoms with E-state index in [1.165, 1.54) is 23.3 Å². The fourth-order valence-electron chi connectivity index (χ4n) is 7.76. The first-order valence-electron chi connectivity index (χ1n) is 12.1. The van der Waals surface area contributed by atoms with Gasteiger partial charge in [0.05, 0.1) is 18.4 Å². The van der Waals surface area contributed by atoms with E-state index >= 15 is 0 Å². The van der Waals surface area contributed by atoms with E-state index in [2.05, 4.69) is 44.9 Å². The first-order valence-corrected chi connectivity index (χ1v) is 12.1. The van der Waals surface area contributed by atoms with Crippen molar-refractivity contribution in [1.82, 2.24) is 9.78 Å². The van der Waals surface area contributed by atoms with Gasteiger partial charge in [0, 0.05) is 23.2 Å². The van der Waals surface area contributed by atoms with Crippen molar-refractivity contribution in [2.45, 2.75) is 91.4 Å². The van der Waals surface area contributed by atoms with E-state index in [1.807, 2.05) is 10.9 Å². The molecule has 0 saturated heterocycles. The van der Waals surface area contributed by atoms with Gasteiger partial charge in [-0.1, -0.05) is 25.5 Å². The number of aromatic nitrogens is 2. The van der Waals surface area contributed by atoms with Crippen molar-refractivity contribution in [2.24, 2.45) is 28.6 Å². The second kappa shape index (κ2) is 7.06. The molecule has 164 valence electrons. The van der Waals surface area contributed by atoms with E-state index in [0.29, 0.717) is 17.8 Å². The molecule has 1 heterocycles. The summed E-state index contributed by atoms with van der Waals surface area (Å²) in [5.41, 5.74) is 5.30. The maximum atomic E-state index is 11.4. The third-order valence-corrected chi connectivity index (χ3v) is 9.73. The van der Waals surface area contributed by atoms with Gasteiger partial charge in [-0.05, 0) is 93.6 Å². The zero-order valence-corrected chi connectivity index (χ0v) is 19.1. The van der Waals surface area contributed by atoms with Crippen LogP contribution in [0.4, 0.5) is 0 Å². The molecule has 1 aromatic rings. The molecule has 7 atom stereocenters. The molecule has 0 amide bonds. The molecule has 3 saturated carbocycles. The summed E-state index contributed by atoms with van der Waals surface area (Å²) in [6.07, 6.45) is 13.5. The predicted molar refractivity (Wildman–Crippen MR) is 120 cm³/mol. The zero-order valence-electron chi connectivity index (χ0n) is 19.1. The highest BCUT2D eigenvalue weighted by Crippen LogP contribution is 2.65. The van der Waals surface area contributed by atoms with Crippen LogP contribution in [-0.2, 0) is 6.54 Å². The molecule has 0 bridgehead atoms. The van der Waals surface area contributed by atoms with Gasteiger partial charge in [-0.2, -0.15) is 5.10 Å². The fraction of sp³-hybridized carbons (Fsp3) is 0.731. The van der Waals surface area contributed by atoms with Crippen LogP contribution in [0, 0.1) is 35.5 Å². The van der Waals surface area contributed by atoms with Crippen LogP contribution in [0.15, 0.2) is 23.4 Å². The summed E-state index contributed by atoms with van der Waals surface area (Å²) in [6.45, 7) is 9.93. The van der Waals surface area contributed by atoms with Crippen molar-refractivity contribution >= 4 is 6.08 Å². The van der Waals surface area contributed by atoms with Crippen LogP contribution in [0.5, 0.6) is 0 Å². The topological polar surface area (TPSA) is 58.3 Å². The van der Waals surface area contributed by atoms with Crippen LogP contribution < -0.4 is 0 Å². The molecule has 30 heavy (non-hydrogen) atoms. The third-order valence-electron chi connectivity index (χ3n) is 9.73. The standard InChI is InChI=1S/C26H38N2O2/c1-5-28-16(2)18(15-27-28)12-17-13-23-21-7-6-19-14-20(29)8-10-25(19,3)22(21)9-11-26(23,4)24(17)30/h6,12,15,20-24,29-30H,5,7-11,13-14H2,1-4H3/b17-12+/t20-,21-,22+,23+,24-,25-,26-/m0/s1. The van der Waals surface area contributed by atoms with Crippen molar-refractivity contribution < 1.29 is 10.2 Å². The van der Waals surface area contributed by atoms with Crippen molar-refractivity contribution in [3.05, 3.63) is 34.7 Å². The highest BCUT2D eigenvalue weighted by Gasteiger charge is 2.59. The van der Waals surface area contributed by atoms with Gasteiger partial charge < -0.3 is 10.2 Å². The molecule has 4 aliphatic rings. The number of allylic oxidation sites excluding steroid dienone is 1. The van der Waals surface area contributed by atoms with Crippen LogP contribution in [0.25, 0.3) is 6.08 Å². The molecule has 0 unspecified atom stereocenters. The Kier molecular flexibility index (Phi) is 4.83. The minimum atomic E-state index is -0.348. The van der Waals surface area contributed by atoms with E-state index in [1.54, 1.807) is 0 Å². The average Bonchev–Trinajstić information content (AvgIpc) is 3.20. The van der Waals surface area contributed by atoms with Crippen molar-refractivity contribution in [2.75, 3.05) is 0 Å². The number of aliphatic hydroxyl groups is 2. The Morgan fingerprint density at radius 1 is 1.17 bits per heavy atom. The monoisotopic (exact) mass is 410 g/mol. The van der Waals surface area contributed by atoms with Gasteiger partial charge in [-0.3, -0.25) is 4.68 Å². The molecule has 4 nitrogen and oxygen atoms in total. The minimum Gasteiger partial charge on any atom is -0.393 e. The lowest BCUT2D eigenvalue weighted by Crippen LogP contribution is -2.51. The number of rotatable bonds is 2. The third kappa shape index (κ3) is 2.82. The van der Waals surface area contributed by atoms with Crippen LogP contribution in [0.3, 0.4) is 0 Å². The van der Waals surface area contributed by atoms with Crippen LogP contribution in [-0.4, -0.2) is 32.2 Å². The van der Waals surface area contributed by atoms with Gasteiger partial charge in [0.25, 0.3) is 0 Å². The summed E-state index contributed by atoms with van der Waals surface area (Å²) in [6, 6.07) is 0. The smallest absolute Gasteiger partial charge is 0.0809 e. The summed E-state index contributed by atoms with van der Waals surface area (Å²) in [5.74, 6) is 1.88. The first-order chi connectivity index (χ1) is 14.3. The van der Waals surface area contributed by atoms with E-state index in [0.717, 1.165) is 50.6 Å². The summed E-state index contributed by atoms with van der Waals surface area (Å²) in [5, 5.41) is 26.1. The Bertz CT molecular complexity index is 899. The van der Waals surface area contributed by atoms with Gasteiger partial charge in [0.15, 0.2) is 0 Å². The second-order valence-corrected chi connectivity index (χ2v) is 11.0. The Labute approximate surface area is 181 Å². The number of aliphatic hydroxyl groups excluding tert-OH is 2. The largest absolute Gasteiger partial charge is 0.393 e. The lowest BCUT2D eigenvalue weighted by atomic mass is 9.48.